The van der Waals surface area contributed by atoms with Crippen LogP contribution in [0.1, 0.15) is 17.4 Å². The van der Waals surface area contributed by atoms with E-state index in [1.54, 1.807) is 11.4 Å². The van der Waals surface area contributed by atoms with Crippen LogP contribution in [0.2, 0.25) is 0 Å². The van der Waals surface area contributed by atoms with Gasteiger partial charge in [-0.1, -0.05) is 13.0 Å². The molecule has 20 heavy (non-hydrogen) atoms. The van der Waals surface area contributed by atoms with Crippen LogP contribution in [0.4, 0.5) is 0 Å². The molecular weight excluding hydrogens is 315 g/mol. The van der Waals surface area contributed by atoms with Crippen molar-refractivity contribution in [1.29, 1.82) is 0 Å². The van der Waals surface area contributed by atoms with Gasteiger partial charge in [0.1, 0.15) is 4.21 Å². The van der Waals surface area contributed by atoms with E-state index in [1.807, 2.05) is 13.0 Å². The number of nitrogens with zero attached hydrogens (tertiary/aromatic N) is 2. The lowest BCUT2D eigenvalue weighted by atomic mass is 9.80. The molecule has 3 rings (SSSR count). The Morgan fingerprint density at radius 3 is 2.95 bits per heavy atom. The van der Waals surface area contributed by atoms with E-state index in [9.17, 15) is 13.4 Å². The van der Waals surface area contributed by atoms with Crippen molar-refractivity contribution in [3.63, 3.8) is 0 Å². The number of thiophene rings is 2. The fourth-order valence-electron chi connectivity index (χ4n) is 1.93. The van der Waals surface area contributed by atoms with Crippen LogP contribution in [0.3, 0.4) is 0 Å². The summed E-state index contributed by atoms with van der Waals surface area (Å²) in [5.74, 6) is 0. The van der Waals surface area contributed by atoms with Crippen LogP contribution in [0.25, 0.3) is 0 Å². The minimum atomic E-state index is -3.80. The molecule has 2 aromatic rings. The van der Waals surface area contributed by atoms with E-state index < -0.39 is 17.1 Å². The lowest BCUT2D eigenvalue weighted by Crippen LogP contribution is -2.50. The second-order valence-electron chi connectivity index (χ2n) is 4.21. The molecule has 1 N–H and O–H groups in total. The molecule has 0 bridgehead atoms. The van der Waals surface area contributed by atoms with Crippen LogP contribution in [-0.2, 0) is 16.4 Å². The number of sulfonamides is 1. The van der Waals surface area contributed by atoms with Crippen molar-refractivity contribution in [3.05, 3.63) is 34.0 Å². The molecule has 0 aromatic carbocycles. The summed E-state index contributed by atoms with van der Waals surface area (Å²) in [6.07, 6.45) is 2.33. The second kappa shape index (κ2) is 4.99. The summed E-state index contributed by atoms with van der Waals surface area (Å²) in [7, 11) is -5.05. The van der Waals surface area contributed by atoms with Crippen molar-refractivity contribution in [2.75, 3.05) is 0 Å². The Kier molecular flexibility index (Phi) is 3.45. The summed E-state index contributed by atoms with van der Waals surface area (Å²) >= 11 is 2.52. The fraction of sp³-hybridized carbons (Fsp3) is 0.182. The van der Waals surface area contributed by atoms with Crippen LogP contribution >= 0.6 is 22.7 Å². The largest absolute Gasteiger partial charge is 0.494 e. The third kappa shape index (κ3) is 2.10. The zero-order chi connectivity index (χ0) is 14.3. The van der Waals surface area contributed by atoms with Crippen molar-refractivity contribution in [2.24, 2.45) is 5.10 Å². The summed E-state index contributed by atoms with van der Waals surface area (Å²) in [4.78, 5) is 1.09. The van der Waals surface area contributed by atoms with Crippen LogP contribution in [-0.4, -0.2) is 31.0 Å². The number of hydrazone groups is 1. The van der Waals surface area contributed by atoms with Gasteiger partial charge in [0.2, 0.25) is 0 Å². The first-order valence-electron chi connectivity index (χ1n) is 5.96. The van der Waals surface area contributed by atoms with Crippen LogP contribution < -0.4 is 4.78 Å². The molecule has 0 fully saturated rings. The molecule has 3 heterocycles. The highest BCUT2D eigenvalue weighted by atomic mass is 32.2. The van der Waals surface area contributed by atoms with Gasteiger partial charge in [-0.25, -0.2) is 0 Å². The number of fused-ring (bicyclic) bond motifs is 1. The first kappa shape index (κ1) is 13.8. The summed E-state index contributed by atoms with van der Waals surface area (Å²) < 4.78 is 26.4. The van der Waals surface area contributed by atoms with E-state index in [1.165, 1.54) is 23.6 Å². The Labute approximate surface area is 125 Å². The van der Waals surface area contributed by atoms with Gasteiger partial charge < -0.3 is 5.02 Å². The van der Waals surface area contributed by atoms with Gasteiger partial charge >= 0.3 is 7.05 Å². The molecule has 2 aromatic heterocycles. The Balaban J connectivity index is 2.02. The third-order valence-electron chi connectivity index (χ3n) is 2.94. The van der Waals surface area contributed by atoms with Crippen molar-refractivity contribution < 1.29 is 13.4 Å². The summed E-state index contributed by atoms with van der Waals surface area (Å²) in [5, 5.41) is 15.9. The summed E-state index contributed by atoms with van der Waals surface area (Å²) in [5.41, 5.74) is 0.789. The molecule has 5 nitrogen and oxygen atoms in total. The van der Waals surface area contributed by atoms with Gasteiger partial charge in [0.15, 0.2) is 0 Å². The highest BCUT2D eigenvalue weighted by Gasteiger charge is 2.40. The number of hydrogen-bond donors (Lipinski definition) is 1. The second-order valence-corrected chi connectivity index (χ2v) is 8.35. The highest BCUT2D eigenvalue weighted by Crippen LogP contribution is 2.25. The van der Waals surface area contributed by atoms with Crippen molar-refractivity contribution in [3.8, 4) is 0 Å². The van der Waals surface area contributed by atoms with Gasteiger partial charge in [-0.05, 0) is 23.9 Å². The molecule has 0 atom stereocenters. The van der Waals surface area contributed by atoms with Gasteiger partial charge in [-0.3, -0.25) is 0 Å². The first-order chi connectivity index (χ1) is 9.54. The molecule has 0 amide bonds. The monoisotopic (exact) mass is 326 g/mol. The SMILES string of the molecule is CCc1cc2c(s1)B(O)N(S(=O)(=O)c1cccs1)N=C2. The van der Waals surface area contributed by atoms with Gasteiger partial charge in [0.05, 0.1) is 6.21 Å². The standard InChI is InChI=1S/C11H11BN2O3S3/c1-2-9-6-8-7-13-14(12(15)11(8)19-9)20(16,17)10-4-3-5-18-10/h3-7,15H,2H2,1H3. The normalized spacial score (nSPS) is 14.7. The van der Waals surface area contributed by atoms with E-state index in [2.05, 4.69) is 5.10 Å². The number of aryl methyl sites for hydroxylation is 1. The average Bonchev–Trinajstić information content (AvgIpc) is 3.08. The molecule has 9 heteroatoms. The molecule has 0 unspecified atom stereocenters. The lowest BCUT2D eigenvalue weighted by molar-refractivity contribution is 0.478. The van der Waals surface area contributed by atoms with E-state index in [0.29, 0.717) is 4.78 Å². The zero-order valence-electron chi connectivity index (χ0n) is 10.6. The van der Waals surface area contributed by atoms with Crippen LogP contribution in [0.5, 0.6) is 0 Å². The molecule has 0 radical (unpaired) electrons. The Morgan fingerprint density at radius 2 is 2.30 bits per heavy atom. The minimum Gasteiger partial charge on any atom is -0.426 e. The molecule has 1 aliphatic rings. The Bertz CT molecular complexity index is 752. The first-order valence-corrected chi connectivity index (χ1v) is 9.10. The fourth-order valence-corrected chi connectivity index (χ4v) is 5.35. The Hall–Kier alpha value is -1.16. The van der Waals surface area contributed by atoms with E-state index in [4.69, 9.17) is 0 Å². The van der Waals surface area contributed by atoms with Crippen molar-refractivity contribution >= 4 is 50.7 Å². The maximum Gasteiger partial charge on any atom is 0.494 e. The highest BCUT2D eigenvalue weighted by molar-refractivity contribution is 7.92. The molecule has 0 saturated carbocycles. The van der Waals surface area contributed by atoms with Crippen molar-refractivity contribution in [2.45, 2.75) is 17.6 Å². The number of rotatable bonds is 3. The molecule has 0 spiro atoms. The molecule has 0 aliphatic carbocycles. The van der Waals surface area contributed by atoms with Gasteiger partial charge in [-0.15, -0.1) is 22.7 Å². The van der Waals surface area contributed by atoms with Crippen molar-refractivity contribution in [1.82, 2.24) is 4.33 Å². The van der Waals surface area contributed by atoms with Gasteiger partial charge in [0.25, 0.3) is 10.0 Å². The maximum absolute atomic E-state index is 12.4. The lowest BCUT2D eigenvalue weighted by Gasteiger charge is -2.23. The van der Waals surface area contributed by atoms with Crippen LogP contribution in [0.15, 0.2) is 32.9 Å². The molecule has 1 aliphatic heterocycles. The molecule has 0 saturated heterocycles. The van der Waals surface area contributed by atoms with Gasteiger partial charge in [-0.2, -0.15) is 17.8 Å². The minimum absolute atomic E-state index is 0.171. The molecular formula is C11H11BN2O3S3. The predicted octanol–water partition coefficient (Wildman–Crippen LogP) is 1.10. The van der Waals surface area contributed by atoms with E-state index in [-0.39, 0.29) is 4.21 Å². The zero-order valence-corrected chi connectivity index (χ0v) is 13.0. The average molecular weight is 326 g/mol. The summed E-state index contributed by atoms with van der Waals surface area (Å²) in [6.45, 7) is 2.01. The maximum atomic E-state index is 12.4. The third-order valence-corrected chi connectivity index (χ3v) is 7.29. The smallest absolute Gasteiger partial charge is 0.426 e. The van der Waals surface area contributed by atoms with E-state index >= 15 is 0 Å². The summed E-state index contributed by atoms with van der Waals surface area (Å²) in [6, 6.07) is 5.09. The number of hydrogen-bond acceptors (Lipinski definition) is 6. The topological polar surface area (TPSA) is 70.0 Å². The predicted molar refractivity (Wildman–Crippen MR) is 82.2 cm³/mol. The van der Waals surface area contributed by atoms with Crippen LogP contribution in [0, 0.1) is 0 Å². The van der Waals surface area contributed by atoms with E-state index in [0.717, 1.165) is 32.5 Å². The molecule has 104 valence electrons. The quantitative estimate of drug-likeness (QED) is 0.859. The van der Waals surface area contributed by atoms with Gasteiger partial charge in [0, 0.05) is 15.2 Å². The Morgan fingerprint density at radius 1 is 1.50 bits per heavy atom.